The van der Waals surface area contributed by atoms with E-state index in [1.54, 1.807) is 22.5 Å². The van der Waals surface area contributed by atoms with Crippen molar-refractivity contribution in [1.29, 1.82) is 0 Å². The van der Waals surface area contributed by atoms with Crippen molar-refractivity contribution >= 4 is 26.0 Å². The summed E-state index contributed by atoms with van der Waals surface area (Å²) in [4.78, 5) is 0.419. The normalized spacial score (nSPS) is 21.3. The Hall–Kier alpha value is -0.390. The third kappa shape index (κ3) is 2.95. The topological polar surface area (TPSA) is 37.4 Å². The SMILES string of the molecule is Cc1cccc(S(=O)(=O)N2CCC(CCBr)C2)c1. The molecule has 3 nitrogen and oxygen atoms in total. The molecule has 0 N–H and O–H groups in total. The Morgan fingerprint density at radius 3 is 2.89 bits per heavy atom. The van der Waals surface area contributed by atoms with Gasteiger partial charge in [-0.1, -0.05) is 28.1 Å². The second-order valence-corrected chi connectivity index (χ2v) is 7.54. The maximum atomic E-state index is 12.5. The first-order chi connectivity index (χ1) is 8.54. The molecule has 1 heterocycles. The number of benzene rings is 1. The maximum absolute atomic E-state index is 12.5. The first-order valence-electron chi connectivity index (χ1n) is 6.17. The smallest absolute Gasteiger partial charge is 0.207 e. The molecule has 100 valence electrons. The van der Waals surface area contributed by atoms with Gasteiger partial charge in [0.1, 0.15) is 0 Å². The average molecular weight is 332 g/mol. The molecule has 0 aliphatic carbocycles. The summed E-state index contributed by atoms with van der Waals surface area (Å²) in [6.07, 6.45) is 2.01. The van der Waals surface area contributed by atoms with Crippen LogP contribution in [0.3, 0.4) is 0 Å². The molecule has 1 atom stereocenters. The highest BCUT2D eigenvalue weighted by atomic mass is 79.9. The summed E-state index contributed by atoms with van der Waals surface area (Å²) in [7, 11) is -3.29. The van der Waals surface area contributed by atoms with E-state index in [4.69, 9.17) is 0 Å². The van der Waals surface area contributed by atoms with Crippen LogP contribution >= 0.6 is 15.9 Å². The standard InChI is InChI=1S/C13H18BrNO2S/c1-11-3-2-4-13(9-11)18(16,17)15-8-6-12(10-15)5-7-14/h2-4,9,12H,5-8,10H2,1H3. The lowest BCUT2D eigenvalue weighted by Crippen LogP contribution is -2.29. The zero-order valence-electron chi connectivity index (χ0n) is 10.5. The van der Waals surface area contributed by atoms with E-state index in [0.29, 0.717) is 23.9 Å². The molecule has 0 saturated carbocycles. The summed E-state index contributed by atoms with van der Waals surface area (Å²) in [5, 5.41) is 0.940. The predicted octanol–water partition coefficient (Wildman–Crippen LogP) is 2.79. The van der Waals surface area contributed by atoms with Crippen molar-refractivity contribution in [2.45, 2.75) is 24.7 Å². The molecule has 0 amide bonds. The number of hydrogen-bond acceptors (Lipinski definition) is 2. The number of alkyl halides is 1. The van der Waals surface area contributed by atoms with Crippen LogP contribution in [0.15, 0.2) is 29.2 Å². The van der Waals surface area contributed by atoms with Crippen molar-refractivity contribution < 1.29 is 8.42 Å². The number of nitrogens with zero attached hydrogens (tertiary/aromatic N) is 1. The highest BCUT2D eigenvalue weighted by Crippen LogP contribution is 2.26. The Kier molecular flexibility index (Phi) is 4.45. The molecular formula is C13H18BrNO2S. The third-order valence-electron chi connectivity index (χ3n) is 3.39. The lowest BCUT2D eigenvalue weighted by atomic mass is 10.1. The van der Waals surface area contributed by atoms with Gasteiger partial charge in [-0.2, -0.15) is 4.31 Å². The lowest BCUT2D eigenvalue weighted by Gasteiger charge is -2.16. The number of sulfonamides is 1. The number of halogens is 1. The summed E-state index contributed by atoms with van der Waals surface area (Å²) in [5.74, 6) is 0.490. The first kappa shape index (κ1) is 14.0. The van der Waals surface area contributed by atoms with E-state index in [2.05, 4.69) is 15.9 Å². The highest BCUT2D eigenvalue weighted by molar-refractivity contribution is 9.09. The van der Waals surface area contributed by atoms with Crippen LogP contribution < -0.4 is 0 Å². The Labute approximate surface area is 117 Å². The van der Waals surface area contributed by atoms with Crippen LogP contribution in [0.4, 0.5) is 0 Å². The second kappa shape index (κ2) is 5.72. The van der Waals surface area contributed by atoms with Crippen molar-refractivity contribution in [2.24, 2.45) is 5.92 Å². The van der Waals surface area contributed by atoms with E-state index in [1.807, 2.05) is 13.0 Å². The fraction of sp³-hybridized carbons (Fsp3) is 0.538. The van der Waals surface area contributed by atoms with Crippen LogP contribution in [0.2, 0.25) is 0 Å². The largest absolute Gasteiger partial charge is 0.243 e. The van der Waals surface area contributed by atoms with Crippen molar-refractivity contribution in [3.05, 3.63) is 29.8 Å². The quantitative estimate of drug-likeness (QED) is 0.795. The molecule has 5 heteroatoms. The van der Waals surface area contributed by atoms with Crippen LogP contribution in [-0.2, 0) is 10.0 Å². The van der Waals surface area contributed by atoms with E-state index in [9.17, 15) is 8.42 Å². The minimum absolute atomic E-state index is 0.419. The maximum Gasteiger partial charge on any atom is 0.243 e. The van der Waals surface area contributed by atoms with Crippen LogP contribution in [0.1, 0.15) is 18.4 Å². The van der Waals surface area contributed by atoms with Crippen molar-refractivity contribution in [1.82, 2.24) is 4.31 Å². The predicted molar refractivity (Wildman–Crippen MR) is 76.5 cm³/mol. The van der Waals surface area contributed by atoms with Crippen molar-refractivity contribution in [2.75, 3.05) is 18.4 Å². The summed E-state index contributed by atoms with van der Waals surface area (Å²) in [6, 6.07) is 7.14. The van der Waals surface area contributed by atoms with Crippen molar-refractivity contribution in [3.8, 4) is 0 Å². The number of hydrogen-bond donors (Lipinski definition) is 0. The zero-order chi connectivity index (χ0) is 13.2. The monoisotopic (exact) mass is 331 g/mol. The van der Waals surface area contributed by atoms with Gasteiger partial charge < -0.3 is 0 Å². The van der Waals surface area contributed by atoms with Gasteiger partial charge in [0.25, 0.3) is 0 Å². The number of rotatable bonds is 4. The van der Waals surface area contributed by atoms with Crippen molar-refractivity contribution in [3.63, 3.8) is 0 Å². The molecule has 0 aromatic heterocycles. The van der Waals surface area contributed by atoms with Crippen LogP contribution in [0, 0.1) is 12.8 Å². The van der Waals surface area contributed by atoms with Gasteiger partial charge in [-0.3, -0.25) is 0 Å². The zero-order valence-corrected chi connectivity index (χ0v) is 12.9. The fourth-order valence-electron chi connectivity index (χ4n) is 2.33. The molecule has 1 aliphatic heterocycles. The van der Waals surface area contributed by atoms with Gasteiger partial charge in [-0.25, -0.2) is 8.42 Å². The summed E-state index contributed by atoms with van der Waals surface area (Å²) >= 11 is 3.42. The Balaban J connectivity index is 2.18. The molecule has 18 heavy (non-hydrogen) atoms. The van der Waals surface area contributed by atoms with Gasteiger partial charge in [-0.05, 0) is 43.4 Å². The summed E-state index contributed by atoms with van der Waals surface area (Å²) in [6.45, 7) is 3.21. The average Bonchev–Trinajstić information content (AvgIpc) is 2.79. The third-order valence-corrected chi connectivity index (χ3v) is 5.71. The van der Waals surface area contributed by atoms with Gasteiger partial charge in [-0.15, -0.1) is 0 Å². The van der Waals surface area contributed by atoms with Gasteiger partial charge in [0, 0.05) is 18.4 Å². The van der Waals surface area contributed by atoms with Gasteiger partial charge in [0.15, 0.2) is 0 Å². The molecule has 0 radical (unpaired) electrons. The van der Waals surface area contributed by atoms with Crippen LogP contribution in [0.5, 0.6) is 0 Å². The molecule has 1 saturated heterocycles. The molecule has 1 aliphatic rings. The molecule has 1 unspecified atom stereocenters. The minimum atomic E-state index is -3.29. The summed E-state index contributed by atoms with van der Waals surface area (Å²) < 4.78 is 26.5. The van der Waals surface area contributed by atoms with E-state index in [-0.39, 0.29) is 0 Å². The van der Waals surface area contributed by atoms with E-state index < -0.39 is 10.0 Å². The van der Waals surface area contributed by atoms with E-state index >= 15 is 0 Å². The molecule has 0 bridgehead atoms. The molecular weight excluding hydrogens is 314 g/mol. The van der Waals surface area contributed by atoms with Crippen LogP contribution in [-0.4, -0.2) is 31.1 Å². The first-order valence-corrected chi connectivity index (χ1v) is 8.73. The Bertz CT molecular complexity index is 515. The highest BCUT2D eigenvalue weighted by Gasteiger charge is 2.31. The molecule has 1 fully saturated rings. The van der Waals surface area contributed by atoms with Gasteiger partial charge >= 0.3 is 0 Å². The summed E-state index contributed by atoms with van der Waals surface area (Å²) in [5.41, 5.74) is 0.979. The molecule has 1 aromatic carbocycles. The fourth-order valence-corrected chi connectivity index (χ4v) is 4.61. The number of aryl methyl sites for hydroxylation is 1. The Morgan fingerprint density at radius 1 is 1.44 bits per heavy atom. The van der Waals surface area contributed by atoms with Gasteiger partial charge in [0.05, 0.1) is 4.90 Å². The van der Waals surface area contributed by atoms with Gasteiger partial charge in [0.2, 0.25) is 10.0 Å². The van der Waals surface area contributed by atoms with E-state index in [1.165, 1.54) is 0 Å². The Morgan fingerprint density at radius 2 is 2.22 bits per heavy atom. The molecule has 1 aromatic rings. The van der Waals surface area contributed by atoms with Crippen LogP contribution in [0.25, 0.3) is 0 Å². The second-order valence-electron chi connectivity index (χ2n) is 4.81. The minimum Gasteiger partial charge on any atom is -0.207 e. The van der Waals surface area contributed by atoms with E-state index in [0.717, 1.165) is 23.7 Å². The molecule has 0 spiro atoms. The molecule has 2 rings (SSSR count). The lowest BCUT2D eigenvalue weighted by molar-refractivity contribution is 0.454.